The largest absolute Gasteiger partial charge is 0.337 e. The lowest BCUT2D eigenvalue weighted by Gasteiger charge is -2.16. The van der Waals surface area contributed by atoms with Crippen LogP contribution in [0.1, 0.15) is 31.6 Å². The average molecular weight is 236 g/mol. The highest BCUT2D eigenvalue weighted by Crippen LogP contribution is 2.36. The zero-order chi connectivity index (χ0) is 11.0. The quantitative estimate of drug-likeness (QED) is 0.861. The van der Waals surface area contributed by atoms with Crippen LogP contribution in [-0.2, 0) is 5.54 Å². The first-order chi connectivity index (χ1) is 7.78. The Hall–Kier alpha value is -1.27. The van der Waals surface area contributed by atoms with Gasteiger partial charge in [0.2, 0.25) is 11.7 Å². The molecule has 5 nitrogen and oxygen atoms in total. The van der Waals surface area contributed by atoms with Gasteiger partial charge in [0.25, 0.3) is 0 Å². The van der Waals surface area contributed by atoms with E-state index in [2.05, 4.69) is 15.1 Å². The fraction of sp³-hybridized carbons (Fsp3) is 0.500. The van der Waals surface area contributed by atoms with E-state index in [0.717, 1.165) is 30.6 Å². The number of hydrogen-bond acceptors (Lipinski definition) is 6. The number of nitrogens with zero attached hydrogens (tertiary/aromatic N) is 3. The van der Waals surface area contributed by atoms with Crippen LogP contribution >= 0.6 is 11.3 Å². The van der Waals surface area contributed by atoms with Crippen LogP contribution < -0.4 is 5.73 Å². The summed E-state index contributed by atoms with van der Waals surface area (Å²) in [6.07, 6.45) is 5.86. The summed E-state index contributed by atoms with van der Waals surface area (Å²) >= 11 is 1.49. The van der Waals surface area contributed by atoms with Crippen LogP contribution in [0.3, 0.4) is 0 Å². The highest BCUT2D eigenvalue weighted by molar-refractivity contribution is 7.13. The van der Waals surface area contributed by atoms with Gasteiger partial charge in [-0.2, -0.15) is 4.98 Å². The highest BCUT2D eigenvalue weighted by atomic mass is 32.1. The Morgan fingerprint density at radius 2 is 2.19 bits per heavy atom. The predicted octanol–water partition coefficient (Wildman–Crippen LogP) is 1.92. The molecule has 6 heteroatoms. The van der Waals surface area contributed by atoms with E-state index in [4.69, 9.17) is 10.3 Å². The van der Waals surface area contributed by atoms with Crippen molar-refractivity contribution in [2.24, 2.45) is 5.73 Å². The molecule has 0 aromatic carbocycles. The first-order valence-corrected chi connectivity index (χ1v) is 6.18. The standard InChI is InChI=1S/C10H12N4OS/c11-10(3-1-2-4-10)9-13-8(14-15-9)7-5-12-6-16-7/h5-6H,1-4,11H2. The van der Waals surface area contributed by atoms with Crippen LogP contribution in [0.15, 0.2) is 16.2 Å². The van der Waals surface area contributed by atoms with Crippen molar-refractivity contribution in [3.05, 3.63) is 17.6 Å². The van der Waals surface area contributed by atoms with E-state index in [9.17, 15) is 0 Å². The van der Waals surface area contributed by atoms with E-state index in [1.165, 1.54) is 11.3 Å². The van der Waals surface area contributed by atoms with Crippen LogP contribution in [0, 0.1) is 0 Å². The fourth-order valence-electron chi connectivity index (χ4n) is 2.07. The molecule has 0 radical (unpaired) electrons. The second-order valence-corrected chi connectivity index (χ2v) is 5.04. The molecule has 0 bridgehead atoms. The molecule has 2 aromatic rings. The lowest BCUT2D eigenvalue weighted by Crippen LogP contribution is -2.33. The molecule has 2 heterocycles. The summed E-state index contributed by atoms with van der Waals surface area (Å²) in [7, 11) is 0. The minimum Gasteiger partial charge on any atom is -0.337 e. The van der Waals surface area contributed by atoms with Gasteiger partial charge in [-0.3, -0.25) is 4.98 Å². The molecular weight excluding hydrogens is 224 g/mol. The SMILES string of the molecule is NC1(c2nc(-c3cncs3)no2)CCCC1. The van der Waals surface area contributed by atoms with Crippen molar-refractivity contribution in [3.63, 3.8) is 0 Å². The second-order valence-electron chi connectivity index (χ2n) is 4.15. The number of rotatable bonds is 2. The van der Waals surface area contributed by atoms with Gasteiger partial charge in [-0.15, -0.1) is 11.3 Å². The van der Waals surface area contributed by atoms with Crippen molar-refractivity contribution >= 4 is 11.3 Å². The van der Waals surface area contributed by atoms with E-state index in [-0.39, 0.29) is 0 Å². The molecule has 0 amide bonds. The Bertz CT molecular complexity index is 473. The van der Waals surface area contributed by atoms with Gasteiger partial charge in [-0.05, 0) is 12.8 Å². The zero-order valence-corrected chi connectivity index (χ0v) is 9.54. The second kappa shape index (κ2) is 3.64. The minimum absolute atomic E-state index is 0.407. The van der Waals surface area contributed by atoms with Gasteiger partial charge in [0.05, 0.1) is 15.9 Å². The lowest BCUT2D eigenvalue weighted by molar-refractivity contribution is 0.285. The Morgan fingerprint density at radius 3 is 2.88 bits per heavy atom. The van der Waals surface area contributed by atoms with Gasteiger partial charge < -0.3 is 10.3 Å². The minimum atomic E-state index is -0.407. The van der Waals surface area contributed by atoms with Crippen molar-refractivity contribution in [2.45, 2.75) is 31.2 Å². The predicted molar refractivity (Wildman–Crippen MR) is 59.7 cm³/mol. The molecule has 1 aliphatic carbocycles. The third-order valence-corrected chi connectivity index (χ3v) is 3.77. The molecule has 2 aromatic heterocycles. The van der Waals surface area contributed by atoms with E-state index in [1.807, 2.05) is 0 Å². The summed E-state index contributed by atoms with van der Waals surface area (Å²) in [5, 5.41) is 3.95. The molecule has 3 rings (SSSR count). The number of thiazole rings is 1. The van der Waals surface area contributed by atoms with Gasteiger partial charge in [0, 0.05) is 6.20 Å². The van der Waals surface area contributed by atoms with E-state index >= 15 is 0 Å². The molecule has 16 heavy (non-hydrogen) atoms. The smallest absolute Gasteiger partial charge is 0.247 e. The van der Waals surface area contributed by atoms with Gasteiger partial charge >= 0.3 is 0 Å². The Kier molecular flexibility index (Phi) is 2.26. The Labute approximate surface area is 96.7 Å². The maximum atomic E-state index is 6.24. The number of nitrogens with two attached hydrogens (primary N) is 1. The van der Waals surface area contributed by atoms with Crippen molar-refractivity contribution in [2.75, 3.05) is 0 Å². The molecule has 0 unspecified atom stereocenters. The molecule has 2 N–H and O–H groups in total. The third kappa shape index (κ3) is 1.54. The summed E-state index contributed by atoms with van der Waals surface area (Å²) in [5.41, 5.74) is 7.58. The maximum absolute atomic E-state index is 6.24. The molecule has 84 valence electrons. The van der Waals surface area contributed by atoms with Gasteiger partial charge in [-0.1, -0.05) is 18.0 Å². The Balaban J connectivity index is 1.93. The Morgan fingerprint density at radius 1 is 1.38 bits per heavy atom. The summed E-state index contributed by atoms with van der Waals surface area (Å²) in [6, 6.07) is 0. The van der Waals surface area contributed by atoms with Gasteiger partial charge in [0.15, 0.2) is 0 Å². The molecule has 1 fully saturated rings. The van der Waals surface area contributed by atoms with Crippen LogP contribution in [0.4, 0.5) is 0 Å². The topological polar surface area (TPSA) is 77.8 Å². The molecule has 0 saturated heterocycles. The zero-order valence-electron chi connectivity index (χ0n) is 8.72. The van der Waals surface area contributed by atoms with Crippen LogP contribution in [-0.4, -0.2) is 15.1 Å². The van der Waals surface area contributed by atoms with Gasteiger partial charge in [0.1, 0.15) is 0 Å². The van der Waals surface area contributed by atoms with Crippen molar-refractivity contribution in [1.29, 1.82) is 0 Å². The molecule has 0 atom stereocenters. The molecule has 1 aliphatic rings. The summed E-state index contributed by atoms with van der Waals surface area (Å²) in [4.78, 5) is 9.28. The van der Waals surface area contributed by atoms with E-state index in [1.54, 1.807) is 11.7 Å². The lowest BCUT2D eigenvalue weighted by atomic mass is 9.99. The van der Waals surface area contributed by atoms with E-state index in [0.29, 0.717) is 11.7 Å². The van der Waals surface area contributed by atoms with Gasteiger partial charge in [-0.25, -0.2) is 0 Å². The van der Waals surface area contributed by atoms with E-state index < -0.39 is 5.54 Å². The molecule has 1 saturated carbocycles. The summed E-state index contributed by atoms with van der Waals surface area (Å²) in [6.45, 7) is 0. The number of hydrogen-bond donors (Lipinski definition) is 1. The summed E-state index contributed by atoms with van der Waals surface area (Å²) in [5.74, 6) is 1.16. The monoisotopic (exact) mass is 236 g/mol. The van der Waals surface area contributed by atoms with Crippen LogP contribution in [0.5, 0.6) is 0 Å². The van der Waals surface area contributed by atoms with Crippen LogP contribution in [0.25, 0.3) is 10.7 Å². The van der Waals surface area contributed by atoms with Crippen molar-refractivity contribution in [3.8, 4) is 10.7 Å². The van der Waals surface area contributed by atoms with Crippen molar-refractivity contribution in [1.82, 2.24) is 15.1 Å². The average Bonchev–Trinajstić information content (AvgIpc) is 2.98. The number of aromatic nitrogens is 3. The highest BCUT2D eigenvalue weighted by Gasteiger charge is 2.36. The van der Waals surface area contributed by atoms with Crippen molar-refractivity contribution < 1.29 is 4.52 Å². The maximum Gasteiger partial charge on any atom is 0.247 e. The molecule has 0 spiro atoms. The fourth-order valence-corrected chi connectivity index (χ4v) is 2.62. The first-order valence-electron chi connectivity index (χ1n) is 5.30. The molecule has 0 aliphatic heterocycles. The summed E-state index contributed by atoms with van der Waals surface area (Å²) < 4.78 is 5.27. The first kappa shape index (κ1) is 9.92. The normalized spacial score (nSPS) is 19.1. The van der Waals surface area contributed by atoms with Crippen LogP contribution in [0.2, 0.25) is 0 Å². The third-order valence-electron chi connectivity index (χ3n) is 3.00. The molecular formula is C10H12N4OS.